The summed E-state index contributed by atoms with van der Waals surface area (Å²) in [5, 5.41) is 9.66. The van der Waals surface area contributed by atoms with Crippen molar-refractivity contribution >= 4 is 29.1 Å². The minimum atomic E-state index is -1.37. The smallest absolute Gasteiger partial charge is 0.253 e. The number of likely N-dealkylation sites (tertiary alicyclic amines) is 1. The molecule has 0 aliphatic carbocycles. The maximum Gasteiger partial charge on any atom is 0.253 e. The monoisotopic (exact) mass is 587 g/mol. The minimum Gasteiger partial charge on any atom is -0.497 e. The van der Waals surface area contributed by atoms with Gasteiger partial charge in [0.1, 0.15) is 23.1 Å². The number of ether oxygens (including phenoxy) is 3. The second-order valence-electron chi connectivity index (χ2n) is 11.4. The summed E-state index contributed by atoms with van der Waals surface area (Å²) < 4.78 is 17.7. The minimum absolute atomic E-state index is 0.143. The van der Waals surface area contributed by atoms with Gasteiger partial charge in [0.15, 0.2) is 0 Å². The standard InChI is InChI=1S/C33H37N3O7/c1-4-42-25-14-10-22(11-15-25)34-18-5-16-32(2)26(29(34)38)27-30(39)36(20-7-21-37)28-31(40)35(19-6-17-33(27,28)43-32)23-8-12-24(41-3)13-9-23/h5-6,8-17,26-28,37H,4,7,18-21H2,1-3H3/t26-,27-,28?,32+,33-/m0/s1. The number of carbonyl (C=O) groups is 3. The zero-order valence-electron chi connectivity index (χ0n) is 24.6. The quantitative estimate of drug-likeness (QED) is 0.473. The van der Waals surface area contributed by atoms with Crippen molar-refractivity contribution in [1.29, 1.82) is 0 Å². The van der Waals surface area contributed by atoms with E-state index < -0.39 is 29.1 Å². The van der Waals surface area contributed by atoms with Crippen LogP contribution in [-0.2, 0) is 19.1 Å². The molecule has 226 valence electrons. The largest absolute Gasteiger partial charge is 0.497 e. The molecule has 2 saturated heterocycles. The van der Waals surface area contributed by atoms with Gasteiger partial charge in [-0.2, -0.15) is 0 Å². The van der Waals surface area contributed by atoms with E-state index in [1.807, 2.05) is 62.4 Å². The number of methoxy groups -OCH3 is 1. The zero-order valence-corrected chi connectivity index (χ0v) is 24.6. The van der Waals surface area contributed by atoms with Gasteiger partial charge in [0, 0.05) is 37.6 Å². The predicted molar refractivity (Wildman–Crippen MR) is 160 cm³/mol. The summed E-state index contributed by atoms with van der Waals surface area (Å²) in [5.41, 5.74) is -1.16. The van der Waals surface area contributed by atoms with Gasteiger partial charge in [-0.3, -0.25) is 14.4 Å². The number of fused-ring (bicyclic) bond motifs is 2. The molecular formula is C33H37N3O7. The van der Waals surface area contributed by atoms with E-state index in [2.05, 4.69) is 0 Å². The van der Waals surface area contributed by atoms with E-state index in [9.17, 15) is 19.5 Å². The van der Waals surface area contributed by atoms with Crippen LogP contribution in [0, 0.1) is 11.8 Å². The first-order valence-corrected chi connectivity index (χ1v) is 14.7. The molecule has 10 nitrogen and oxygen atoms in total. The molecule has 6 rings (SSSR count). The molecule has 4 heterocycles. The molecule has 1 N–H and O–H groups in total. The summed E-state index contributed by atoms with van der Waals surface area (Å²) in [6, 6.07) is 13.5. The van der Waals surface area contributed by atoms with Crippen molar-refractivity contribution in [1.82, 2.24) is 4.90 Å². The normalized spacial score (nSPS) is 29.7. The molecule has 10 heteroatoms. The maximum atomic E-state index is 14.5. The van der Waals surface area contributed by atoms with Crippen LogP contribution in [0.2, 0.25) is 0 Å². The van der Waals surface area contributed by atoms with Crippen molar-refractivity contribution in [2.45, 2.75) is 37.5 Å². The lowest BCUT2D eigenvalue weighted by Gasteiger charge is -2.37. The maximum absolute atomic E-state index is 14.5. The molecule has 2 aromatic carbocycles. The second kappa shape index (κ2) is 11.2. The molecule has 2 aromatic rings. The highest BCUT2D eigenvalue weighted by Crippen LogP contribution is 2.57. The number of rotatable bonds is 8. The van der Waals surface area contributed by atoms with Gasteiger partial charge in [0.25, 0.3) is 5.91 Å². The highest BCUT2D eigenvalue weighted by molar-refractivity contribution is 6.07. The zero-order chi connectivity index (χ0) is 30.4. The fourth-order valence-electron chi connectivity index (χ4n) is 7.12. The van der Waals surface area contributed by atoms with Crippen molar-refractivity contribution in [3.8, 4) is 11.5 Å². The van der Waals surface area contributed by atoms with Crippen LogP contribution in [0.5, 0.6) is 11.5 Å². The molecule has 5 atom stereocenters. The molecule has 0 aromatic heterocycles. The third-order valence-electron chi connectivity index (χ3n) is 8.96. The first kappa shape index (κ1) is 28.9. The Kier molecular flexibility index (Phi) is 7.52. The van der Waals surface area contributed by atoms with Gasteiger partial charge in [-0.25, -0.2) is 0 Å². The van der Waals surface area contributed by atoms with Gasteiger partial charge < -0.3 is 34.0 Å². The molecular weight excluding hydrogens is 550 g/mol. The number of benzene rings is 2. The van der Waals surface area contributed by atoms with E-state index in [0.717, 1.165) is 0 Å². The molecule has 0 bridgehead atoms. The van der Waals surface area contributed by atoms with Crippen LogP contribution in [0.3, 0.4) is 0 Å². The van der Waals surface area contributed by atoms with Crippen molar-refractivity contribution in [3.05, 3.63) is 72.8 Å². The van der Waals surface area contributed by atoms with Gasteiger partial charge in [0.05, 0.1) is 31.2 Å². The molecule has 2 fully saturated rings. The van der Waals surface area contributed by atoms with E-state index in [1.165, 1.54) is 4.90 Å². The van der Waals surface area contributed by atoms with Crippen LogP contribution in [-0.4, -0.2) is 84.9 Å². The van der Waals surface area contributed by atoms with Crippen LogP contribution >= 0.6 is 0 Å². The number of nitrogens with zero attached hydrogens (tertiary/aromatic N) is 3. The van der Waals surface area contributed by atoms with Crippen molar-refractivity contribution < 1.29 is 33.7 Å². The van der Waals surface area contributed by atoms with E-state index >= 15 is 0 Å². The van der Waals surface area contributed by atoms with E-state index in [-0.39, 0.29) is 37.4 Å². The Morgan fingerprint density at radius 2 is 1.47 bits per heavy atom. The fourth-order valence-corrected chi connectivity index (χ4v) is 7.12. The fraction of sp³-hybridized carbons (Fsp3) is 0.424. The third-order valence-corrected chi connectivity index (χ3v) is 8.96. The summed E-state index contributed by atoms with van der Waals surface area (Å²) >= 11 is 0. The summed E-state index contributed by atoms with van der Waals surface area (Å²) in [6.45, 7) is 4.87. The summed E-state index contributed by atoms with van der Waals surface area (Å²) in [6.07, 6.45) is 7.72. The van der Waals surface area contributed by atoms with E-state index in [1.54, 1.807) is 41.2 Å². The van der Waals surface area contributed by atoms with Crippen molar-refractivity contribution in [2.75, 3.05) is 49.8 Å². The Morgan fingerprint density at radius 1 is 0.860 bits per heavy atom. The molecule has 0 saturated carbocycles. The van der Waals surface area contributed by atoms with Gasteiger partial charge in [-0.15, -0.1) is 0 Å². The molecule has 3 amide bonds. The van der Waals surface area contributed by atoms with Gasteiger partial charge in [-0.05, 0) is 68.8 Å². The van der Waals surface area contributed by atoms with E-state index in [4.69, 9.17) is 14.2 Å². The molecule has 4 aliphatic heterocycles. The number of carbonyl (C=O) groups excluding carboxylic acids is 3. The Morgan fingerprint density at radius 3 is 2.07 bits per heavy atom. The SMILES string of the molecule is CCOc1ccc(N2CC=C[C@@]3(C)O[C@]45C=CCN(c6ccc(OC)cc6)C(=O)C4N(CCCO)C(=O)[C@@H]5[C@H]3C2=O)cc1. The lowest BCUT2D eigenvalue weighted by Crippen LogP contribution is -2.56. The predicted octanol–water partition coefficient (Wildman–Crippen LogP) is 2.95. The van der Waals surface area contributed by atoms with Crippen molar-refractivity contribution in [3.63, 3.8) is 0 Å². The van der Waals surface area contributed by atoms with Crippen LogP contribution in [0.1, 0.15) is 20.3 Å². The summed E-state index contributed by atoms with van der Waals surface area (Å²) in [5.74, 6) is -1.32. The number of anilines is 2. The number of hydrogen-bond donors (Lipinski definition) is 1. The lowest BCUT2D eigenvalue weighted by atomic mass is 9.74. The molecule has 1 unspecified atom stereocenters. The molecule has 0 radical (unpaired) electrons. The Bertz CT molecular complexity index is 1460. The van der Waals surface area contributed by atoms with Gasteiger partial charge >= 0.3 is 0 Å². The third kappa shape index (κ3) is 4.60. The van der Waals surface area contributed by atoms with E-state index in [0.29, 0.717) is 42.4 Å². The topological polar surface area (TPSA) is 109 Å². The number of hydrogen-bond acceptors (Lipinski definition) is 7. The van der Waals surface area contributed by atoms with Crippen molar-refractivity contribution in [2.24, 2.45) is 11.8 Å². The van der Waals surface area contributed by atoms with Crippen LogP contribution in [0.25, 0.3) is 0 Å². The summed E-state index contributed by atoms with van der Waals surface area (Å²) in [4.78, 5) is 48.1. The Hall–Kier alpha value is -4.15. The first-order valence-electron chi connectivity index (χ1n) is 14.7. The molecule has 43 heavy (non-hydrogen) atoms. The average Bonchev–Trinajstić information content (AvgIpc) is 3.27. The molecule has 1 spiro atoms. The van der Waals surface area contributed by atoms with Crippen LogP contribution in [0.15, 0.2) is 72.8 Å². The first-order chi connectivity index (χ1) is 20.8. The van der Waals surface area contributed by atoms with Crippen LogP contribution in [0.4, 0.5) is 11.4 Å². The summed E-state index contributed by atoms with van der Waals surface area (Å²) in [7, 11) is 1.58. The highest BCUT2D eigenvalue weighted by atomic mass is 16.5. The van der Waals surface area contributed by atoms with Crippen LogP contribution < -0.4 is 19.3 Å². The van der Waals surface area contributed by atoms with Gasteiger partial charge in [0.2, 0.25) is 11.8 Å². The Labute approximate surface area is 251 Å². The lowest BCUT2D eigenvalue weighted by molar-refractivity contribution is -0.144. The number of amides is 3. The van der Waals surface area contributed by atoms with Gasteiger partial charge in [-0.1, -0.05) is 24.3 Å². The number of aliphatic hydroxyl groups excluding tert-OH is 1. The second-order valence-corrected chi connectivity index (χ2v) is 11.4. The average molecular weight is 588 g/mol. The Balaban J connectivity index is 1.41. The molecule has 4 aliphatic rings. The highest BCUT2D eigenvalue weighted by Gasteiger charge is 2.74. The number of aliphatic hydroxyl groups is 1.